The lowest BCUT2D eigenvalue weighted by Crippen LogP contribution is -2.48. The minimum atomic E-state index is -0.414. The van der Waals surface area contributed by atoms with Crippen molar-refractivity contribution in [1.82, 2.24) is 25.4 Å². The number of nitrogens with zero attached hydrogens (tertiary/aromatic N) is 2. The average Bonchev–Trinajstić information content (AvgIpc) is 3.19. The first kappa shape index (κ1) is 19.1. The molecule has 0 saturated carbocycles. The molecular formula is C22H25N5O2. The summed E-state index contributed by atoms with van der Waals surface area (Å²) in [6.45, 7) is 3.53. The lowest BCUT2D eigenvalue weighted by atomic mass is 9.98. The number of hydrogen-bond donors (Lipinski definition) is 3. The predicted octanol–water partition coefficient (Wildman–Crippen LogP) is 1.94. The smallest absolute Gasteiger partial charge is 0.340 e. The lowest BCUT2D eigenvalue weighted by molar-refractivity contribution is -0.127. The number of carbonyl (C=O) groups excluding carboxylic acids is 1. The van der Waals surface area contributed by atoms with Crippen LogP contribution in [-0.4, -0.2) is 38.6 Å². The summed E-state index contributed by atoms with van der Waals surface area (Å²) < 4.78 is 0. The van der Waals surface area contributed by atoms with Crippen LogP contribution in [0.3, 0.4) is 0 Å². The molecule has 0 saturated heterocycles. The number of carbonyl (C=O) groups is 1. The van der Waals surface area contributed by atoms with Crippen LogP contribution >= 0.6 is 0 Å². The summed E-state index contributed by atoms with van der Waals surface area (Å²) in [5.41, 5.74) is 3.30. The Morgan fingerprint density at radius 1 is 1.14 bits per heavy atom. The molecule has 1 aliphatic heterocycles. The number of rotatable bonds is 6. The highest BCUT2D eigenvalue weighted by atomic mass is 16.2. The van der Waals surface area contributed by atoms with Gasteiger partial charge in [-0.1, -0.05) is 54.6 Å². The number of aromatic nitrogens is 3. The van der Waals surface area contributed by atoms with Gasteiger partial charge in [-0.05, 0) is 36.5 Å². The molecule has 150 valence electrons. The van der Waals surface area contributed by atoms with E-state index in [1.165, 1.54) is 11.1 Å². The summed E-state index contributed by atoms with van der Waals surface area (Å²) in [6, 6.07) is 17.5. The number of hydrogen-bond acceptors (Lipinski definition) is 4. The van der Waals surface area contributed by atoms with Crippen LogP contribution in [-0.2, 0) is 24.2 Å². The normalized spacial score (nSPS) is 16.0. The highest BCUT2D eigenvalue weighted by molar-refractivity contribution is 5.81. The second-order valence-electron chi connectivity index (χ2n) is 7.48. The number of amides is 1. The summed E-state index contributed by atoms with van der Waals surface area (Å²) in [5.74, 6) is 0.359. The summed E-state index contributed by atoms with van der Waals surface area (Å²) in [5, 5.41) is 9.52. The van der Waals surface area contributed by atoms with Gasteiger partial charge in [0.2, 0.25) is 5.91 Å². The van der Waals surface area contributed by atoms with Crippen LogP contribution in [0, 0.1) is 0 Å². The maximum atomic E-state index is 13.1. The van der Waals surface area contributed by atoms with Crippen LogP contribution in [0.2, 0.25) is 0 Å². The zero-order chi connectivity index (χ0) is 20.2. The van der Waals surface area contributed by atoms with Crippen LogP contribution in [0.4, 0.5) is 0 Å². The van der Waals surface area contributed by atoms with Gasteiger partial charge in [-0.3, -0.25) is 14.7 Å². The van der Waals surface area contributed by atoms with Gasteiger partial charge in [-0.15, -0.1) is 0 Å². The monoisotopic (exact) mass is 391 g/mol. The second kappa shape index (κ2) is 8.45. The van der Waals surface area contributed by atoms with Gasteiger partial charge in [0.1, 0.15) is 0 Å². The Labute approximate surface area is 169 Å². The highest BCUT2D eigenvalue weighted by Gasteiger charge is 2.28. The van der Waals surface area contributed by atoms with E-state index >= 15 is 0 Å². The summed E-state index contributed by atoms with van der Waals surface area (Å²) in [6.07, 6.45) is 1.48. The van der Waals surface area contributed by atoms with Crippen LogP contribution in [0.1, 0.15) is 35.5 Å². The van der Waals surface area contributed by atoms with E-state index in [-0.39, 0.29) is 17.6 Å². The van der Waals surface area contributed by atoms with E-state index in [0.29, 0.717) is 12.2 Å². The zero-order valence-electron chi connectivity index (χ0n) is 16.4. The molecule has 4 rings (SSSR count). The van der Waals surface area contributed by atoms with Crippen molar-refractivity contribution in [2.45, 2.75) is 38.4 Å². The standard InChI is InChI=1S/C22H25N5O2/c1-15(27-12-11-17-9-5-6-10-18(17)14-27)21(28)23-19(20-24-22(29)26-25-20)13-16-7-3-2-4-8-16/h2-10,15,19H,11-14H2,1H3,(H,23,28)(H2,24,25,26,29). The first-order chi connectivity index (χ1) is 14.1. The molecule has 3 aromatic rings. The van der Waals surface area contributed by atoms with Crippen molar-refractivity contribution in [1.29, 1.82) is 0 Å². The van der Waals surface area contributed by atoms with Gasteiger partial charge in [0.05, 0.1) is 12.1 Å². The number of H-pyrrole nitrogens is 2. The Morgan fingerprint density at radius 3 is 2.59 bits per heavy atom. The van der Waals surface area contributed by atoms with Gasteiger partial charge < -0.3 is 5.32 Å². The van der Waals surface area contributed by atoms with E-state index in [2.05, 4.69) is 43.6 Å². The van der Waals surface area contributed by atoms with Gasteiger partial charge in [0.25, 0.3) is 0 Å². The van der Waals surface area contributed by atoms with E-state index in [4.69, 9.17) is 0 Å². The van der Waals surface area contributed by atoms with E-state index in [0.717, 1.165) is 25.1 Å². The van der Waals surface area contributed by atoms with E-state index in [1.54, 1.807) is 0 Å². The fourth-order valence-corrected chi connectivity index (χ4v) is 3.82. The number of aromatic amines is 2. The van der Waals surface area contributed by atoms with Crippen molar-refractivity contribution < 1.29 is 4.79 Å². The Balaban J connectivity index is 1.48. The molecule has 29 heavy (non-hydrogen) atoms. The molecule has 1 aromatic heterocycles. The van der Waals surface area contributed by atoms with Gasteiger partial charge in [0, 0.05) is 13.1 Å². The minimum Gasteiger partial charge on any atom is -0.344 e. The van der Waals surface area contributed by atoms with E-state index in [9.17, 15) is 9.59 Å². The number of nitrogens with one attached hydrogen (secondary N) is 3. The SMILES string of the molecule is CC(C(=O)NC(Cc1ccccc1)c1n[nH]c(=O)[nH]1)N1CCc2ccccc2C1. The molecule has 0 bridgehead atoms. The van der Waals surface area contributed by atoms with Crippen molar-refractivity contribution in [2.75, 3.05) is 6.54 Å². The first-order valence-electron chi connectivity index (χ1n) is 9.90. The largest absolute Gasteiger partial charge is 0.344 e. The van der Waals surface area contributed by atoms with Gasteiger partial charge >= 0.3 is 5.69 Å². The molecule has 0 fully saturated rings. The fourth-order valence-electron chi connectivity index (χ4n) is 3.82. The third kappa shape index (κ3) is 4.46. The van der Waals surface area contributed by atoms with Crippen molar-refractivity contribution in [3.05, 3.63) is 87.6 Å². The van der Waals surface area contributed by atoms with E-state index in [1.807, 2.05) is 43.3 Å². The Morgan fingerprint density at radius 2 is 1.86 bits per heavy atom. The minimum absolute atomic E-state index is 0.0749. The molecule has 7 heteroatoms. The summed E-state index contributed by atoms with van der Waals surface area (Å²) in [7, 11) is 0. The molecule has 7 nitrogen and oxygen atoms in total. The molecule has 0 spiro atoms. The quantitative estimate of drug-likeness (QED) is 0.599. The summed E-state index contributed by atoms with van der Waals surface area (Å²) in [4.78, 5) is 29.5. The maximum absolute atomic E-state index is 13.1. The fraction of sp³-hybridized carbons (Fsp3) is 0.318. The lowest BCUT2D eigenvalue weighted by Gasteiger charge is -2.33. The maximum Gasteiger partial charge on any atom is 0.340 e. The highest BCUT2D eigenvalue weighted by Crippen LogP contribution is 2.21. The zero-order valence-corrected chi connectivity index (χ0v) is 16.4. The average molecular weight is 391 g/mol. The van der Waals surface area contributed by atoms with Crippen molar-refractivity contribution >= 4 is 5.91 Å². The third-order valence-electron chi connectivity index (χ3n) is 5.54. The second-order valence-corrected chi connectivity index (χ2v) is 7.48. The molecule has 2 heterocycles. The predicted molar refractivity (Wildman–Crippen MR) is 110 cm³/mol. The molecule has 2 unspecified atom stereocenters. The van der Waals surface area contributed by atoms with Crippen LogP contribution in [0.15, 0.2) is 59.4 Å². The first-order valence-corrected chi connectivity index (χ1v) is 9.90. The molecule has 0 radical (unpaired) electrons. The van der Waals surface area contributed by atoms with Gasteiger partial charge in [-0.2, -0.15) is 5.10 Å². The van der Waals surface area contributed by atoms with Crippen LogP contribution in [0.5, 0.6) is 0 Å². The van der Waals surface area contributed by atoms with Gasteiger partial charge in [0.15, 0.2) is 5.82 Å². The van der Waals surface area contributed by atoms with Crippen LogP contribution < -0.4 is 11.0 Å². The number of fused-ring (bicyclic) bond motifs is 1. The number of benzene rings is 2. The van der Waals surface area contributed by atoms with Crippen molar-refractivity contribution in [2.24, 2.45) is 0 Å². The van der Waals surface area contributed by atoms with E-state index < -0.39 is 6.04 Å². The third-order valence-corrected chi connectivity index (χ3v) is 5.54. The molecule has 0 aliphatic carbocycles. The molecule has 2 aromatic carbocycles. The molecule has 3 N–H and O–H groups in total. The van der Waals surface area contributed by atoms with Crippen molar-refractivity contribution in [3.63, 3.8) is 0 Å². The Hall–Kier alpha value is -3.19. The molecule has 2 atom stereocenters. The van der Waals surface area contributed by atoms with Crippen LogP contribution in [0.25, 0.3) is 0 Å². The molecule has 1 amide bonds. The van der Waals surface area contributed by atoms with Gasteiger partial charge in [-0.25, -0.2) is 9.89 Å². The summed E-state index contributed by atoms with van der Waals surface area (Å²) >= 11 is 0. The molecule has 1 aliphatic rings. The molecular weight excluding hydrogens is 366 g/mol. The Bertz CT molecular complexity index is 1030. The van der Waals surface area contributed by atoms with Crippen molar-refractivity contribution in [3.8, 4) is 0 Å². The Kier molecular flexibility index (Phi) is 5.57. The topological polar surface area (TPSA) is 93.9 Å².